The highest BCUT2D eigenvalue weighted by atomic mass is 32.1. The van der Waals surface area contributed by atoms with Gasteiger partial charge in [-0.25, -0.2) is 4.98 Å². The number of likely N-dealkylation sites (N-methyl/N-ethyl adjacent to an activating group) is 1. The maximum Gasteiger partial charge on any atom is 0.229 e. The molecule has 1 saturated carbocycles. The summed E-state index contributed by atoms with van der Waals surface area (Å²) >= 11 is 1.69. The maximum absolute atomic E-state index is 4.73. The number of hydrogen-bond acceptors (Lipinski definition) is 7. The van der Waals surface area contributed by atoms with E-state index in [0.29, 0.717) is 12.0 Å². The molecule has 1 aromatic carbocycles. The molecule has 0 unspecified atom stereocenters. The van der Waals surface area contributed by atoms with Crippen LogP contribution in [0.25, 0.3) is 10.2 Å². The molecule has 140 valence electrons. The Hall–Kier alpha value is -2.38. The van der Waals surface area contributed by atoms with E-state index in [0.717, 1.165) is 47.9 Å². The Morgan fingerprint density at radius 2 is 1.78 bits per heavy atom. The van der Waals surface area contributed by atoms with E-state index in [-0.39, 0.29) is 0 Å². The molecule has 27 heavy (non-hydrogen) atoms. The minimum absolute atomic E-state index is 0.570. The molecular weight excluding hydrogens is 356 g/mol. The highest BCUT2D eigenvalue weighted by Gasteiger charge is 2.23. The van der Waals surface area contributed by atoms with E-state index >= 15 is 0 Å². The van der Waals surface area contributed by atoms with Crippen molar-refractivity contribution in [3.05, 3.63) is 35.7 Å². The van der Waals surface area contributed by atoms with Gasteiger partial charge in [0.05, 0.1) is 10.2 Å². The number of nitrogens with zero attached hydrogens (tertiary/aromatic N) is 4. The molecule has 1 saturated heterocycles. The van der Waals surface area contributed by atoms with E-state index in [2.05, 4.69) is 68.2 Å². The fourth-order valence-electron chi connectivity index (χ4n) is 3.39. The highest BCUT2D eigenvalue weighted by Crippen LogP contribution is 2.32. The number of nitrogens with one attached hydrogen (secondary N) is 2. The van der Waals surface area contributed by atoms with Crippen molar-refractivity contribution >= 4 is 44.7 Å². The Labute approximate surface area is 163 Å². The van der Waals surface area contributed by atoms with Gasteiger partial charge in [-0.15, -0.1) is 11.3 Å². The second kappa shape index (κ2) is 6.98. The normalized spacial score (nSPS) is 18.0. The fourth-order valence-corrected chi connectivity index (χ4v) is 4.17. The van der Waals surface area contributed by atoms with Crippen molar-refractivity contribution in [3.63, 3.8) is 0 Å². The average Bonchev–Trinajstić information content (AvgIpc) is 3.37. The predicted octanol–water partition coefficient (Wildman–Crippen LogP) is 3.76. The summed E-state index contributed by atoms with van der Waals surface area (Å²) in [7, 11) is 2.18. The number of fused-ring (bicyclic) bond motifs is 1. The Morgan fingerprint density at radius 1 is 1.00 bits per heavy atom. The van der Waals surface area contributed by atoms with Crippen LogP contribution in [-0.2, 0) is 0 Å². The Bertz CT molecular complexity index is 925. The second-order valence-corrected chi connectivity index (χ2v) is 8.33. The Morgan fingerprint density at radius 3 is 2.52 bits per heavy atom. The molecule has 3 heterocycles. The molecule has 2 N–H and O–H groups in total. The summed E-state index contributed by atoms with van der Waals surface area (Å²) in [6.07, 6.45) is 2.46. The number of thiophene rings is 1. The first-order chi connectivity index (χ1) is 13.2. The van der Waals surface area contributed by atoms with Gasteiger partial charge in [0.25, 0.3) is 0 Å². The molecule has 1 aliphatic carbocycles. The van der Waals surface area contributed by atoms with Crippen LogP contribution in [0.4, 0.5) is 23.1 Å². The summed E-state index contributed by atoms with van der Waals surface area (Å²) in [6, 6.07) is 11.2. The van der Waals surface area contributed by atoms with E-state index in [4.69, 9.17) is 4.98 Å². The van der Waals surface area contributed by atoms with Gasteiger partial charge < -0.3 is 20.4 Å². The first-order valence-electron chi connectivity index (χ1n) is 9.57. The fraction of sp³-hybridized carbons (Fsp3) is 0.400. The van der Waals surface area contributed by atoms with Gasteiger partial charge in [0.2, 0.25) is 5.95 Å². The van der Waals surface area contributed by atoms with Gasteiger partial charge in [0.15, 0.2) is 0 Å². The molecule has 1 aliphatic heterocycles. The molecule has 2 aliphatic rings. The summed E-state index contributed by atoms with van der Waals surface area (Å²) in [5.74, 6) is 1.60. The zero-order valence-electron chi connectivity index (χ0n) is 15.5. The van der Waals surface area contributed by atoms with Gasteiger partial charge in [0, 0.05) is 43.6 Å². The Kier molecular flexibility index (Phi) is 4.33. The molecule has 3 aromatic rings. The van der Waals surface area contributed by atoms with Gasteiger partial charge in [-0.3, -0.25) is 0 Å². The van der Waals surface area contributed by atoms with Gasteiger partial charge >= 0.3 is 0 Å². The second-order valence-electron chi connectivity index (χ2n) is 7.41. The molecule has 0 radical (unpaired) electrons. The Balaban J connectivity index is 1.34. The third kappa shape index (κ3) is 3.70. The van der Waals surface area contributed by atoms with Crippen molar-refractivity contribution in [2.24, 2.45) is 0 Å². The largest absolute Gasteiger partial charge is 0.369 e. The van der Waals surface area contributed by atoms with Crippen molar-refractivity contribution in [2.75, 3.05) is 48.8 Å². The van der Waals surface area contributed by atoms with Crippen molar-refractivity contribution in [1.82, 2.24) is 14.9 Å². The van der Waals surface area contributed by atoms with Crippen LogP contribution in [0.15, 0.2) is 35.7 Å². The molecule has 0 atom stereocenters. The third-order valence-corrected chi connectivity index (χ3v) is 6.12. The van der Waals surface area contributed by atoms with Crippen molar-refractivity contribution in [2.45, 2.75) is 18.9 Å². The van der Waals surface area contributed by atoms with Gasteiger partial charge in [0.1, 0.15) is 5.82 Å². The SMILES string of the molecule is CN1CCN(c2ccc(Nc3nc(NC4CC4)c4sccc4n3)cc2)CC1. The number of aromatic nitrogens is 2. The van der Waals surface area contributed by atoms with Gasteiger partial charge in [-0.05, 0) is 55.6 Å². The van der Waals surface area contributed by atoms with Crippen molar-refractivity contribution < 1.29 is 0 Å². The van der Waals surface area contributed by atoms with E-state index in [9.17, 15) is 0 Å². The molecule has 2 fully saturated rings. The maximum atomic E-state index is 4.73. The summed E-state index contributed by atoms with van der Waals surface area (Å²) in [4.78, 5) is 14.2. The summed E-state index contributed by atoms with van der Waals surface area (Å²) in [5.41, 5.74) is 3.29. The minimum Gasteiger partial charge on any atom is -0.369 e. The van der Waals surface area contributed by atoms with E-state index < -0.39 is 0 Å². The van der Waals surface area contributed by atoms with Gasteiger partial charge in [-0.1, -0.05) is 0 Å². The molecule has 7 heteroatoms. The standard InChI is InChI=1S/C20H24N6S/c1-25-9-11-26(12-10-25)16-6-4-15(5-7-16)22-20-23-17-8-13-27-18(17)19(24-20)21-14-2-3-14/h4-8,13-14H,2-3,9-12H2,1H3,(H2,21,22,23,24). The molecule has 0 amide bonds. The van der Waals surface area contributed by atoms with Crippen LogP contribution in [-0.4, -0.2) is 54.1 Å². The monoisotopic (exact) mass is 380 g/mol. The van der Waals surface area contributed by atoms with Crippen LogP contribution in [0, 0.1) is 0 Å². The topological polar surface area (TPSA) is 56.3 Å². The smallest absolute Gasteiger partial charge is 0.229 e. The number of rotatable bonds is 5. The zero-order valence-corrected chi connectivity index (χ0v) is 16.3. The third-order valence-electron chi connectivity index (χ3n) is 5.21. The van der Waals surface area contributed by atoms with Crippen LogP contribution in [0.1, 0.15) is 12.8 Å². The van der Waals surface area contributed by atoms with E-state index in [1.165, 1.54) is 18.5 Å². The molecule has 5 rings (SSSR count). The van der Waals surface area contributed by atoms with Crippen LogP contribution in [0.5, 0.6) is 0 Å². The van der Waals surface area contributed by atoms with Crippen molar-refractivity contribution in [1.29, 1.82) is 0 Å². The van der Waals surface area contributed by atoms with Crippen LogP contribution >= 0.6 is 11.3 Å². The van der Waals surface area contributed by atoms with Gasteiger partial charge in [-0.2, -0.15) is 4.98 Å². The summed E-state index contributed by atoms with van der Waals surface area (Å²) in [6.45, 7) is 4.39. The van der Waals surface area contributed by atoms with E-state index in [1.54, 1.807) is 11.3 Å². The van der Waals surface area contributed by atoms with Crippen molar-refractivity contribution in [3.8, 4) is 0 Å². The number of benzene rings is 1. The minimum atomic E-state index is 0.570. The molecule has 2 aromatic heterocycles. The summed E-state index contributed by atoms with van der Waals surface area (Å²) < 4.78 is 1.14. The zero-order chi connectivity index (χ0) is 18.2. The predicted molar refractivity (Wildman–Crippen MR) is 113 cm³/mol. The first-order valence-corrected chi connectivity index (χ1v) is 10.4. The number of hydrogen-bond donors (Lipinski definition) is 2. The first kappa shape index (κ1) is 16.8. The number of piperazine rings is 1. The molecular formula is C20H24N6S. The molecule has 6 nitrogen and oxygen atoms in total. The lowest BCUT2D eigenvalue weighted by Crippen LogP contribution is -2.44. The van der Waals surface area contributed by atoms with Crippen LogP contribution in [0.3, 0.4) is 0 Å². The lowest BCUT2D eigenvalue weighted by atomic mass is 10.2. The molecule has 0 bridgehead atoms. The summed E-state index contributed by atoms with van der Waals surface area (Å²) in [5, 5.41) is 8.98. The van der Waals surface area contributed by atoms with Crippen LogP contribution in [0.2, 0.25) is 0 Å². The quantitative estimate of drug-likeness (QED) is 0.703. The lowest BCUT2D eigenvalue weighted by Gasteiger charge is -2.34. The highest BCUT2D eigenvalue weighted by molar-refractivity contribution is 7.17. The lowest BCUT2D eigenvalue weighted by molar-refractivity contribution is 0.313. The number of anilines is 4. The average molecular weight is 381 g/mol. The van der Waals surface area contributed by atoms with Crippen LogP contribution < -0.4 is 15.5 Å². The van der Waals surface area contributed by atoms with E-state index in [1.807, 2.05) is 0 Å². The molecule has 0 spiro atoms.